The maximum Gasteiger partial charge on any atom is 0.302 e. The lowest BCUT2D eigenvalue weighted by Crippen LogP contribution is -2.69. The van der Waals surface area contributed by atoms with E-state index >= 15 is 0 Å². The Bertz CT molecular complexity index is 1030. The molecule has 0 radical (unpaired) electrons. The maximum absolute atomic E-state index is 12.4. The SMILES string of the molecule is CC(=O)O[C@H]1CC[C@]2(C)[C@H]3CC[C@@H]4[C@H]5[C@@H](C)C(C)=CC[C@]5(C)[C@@H](OC(C)=O)C[C@@]4(C)[C@]3(C)CC[C@H]2C1(C)C. The summed E-state index contributed by atoms with van der Waals surface area (Å²) >= 11 is 0. The Labute approximate surface area is 232 Å². The zero-order chi connectivity index (χ0) is 28.1. The van der Waals surface area contributed by atoms with Gasteiger partial charge in [-0.2, -0.15) is 0 Å². The summed E-state index contributed by atoms with van der Waals surface area (Å²) in [6, 6.07) is 0. The molecule has 5 aliphatic carbocycles. The lowest BCUT2D eigenvalue weighted by molar-refractivity contribution is -0.270. The summed E-state index contributed by atoms with van der Waals surface area (Å²) < 4.78 is 12.2. The van der Waals surface area contributed by atoms with Crippen LogP contribution in [0.1, 0.15) is 121 Å². The fourth-order valence-electron chi connectivity index (χ4n) is 12.0. The predicted octanol–water partition coefficient (Wildman–Crippen LogP) is 8.14. The number of rotatable bonds is 2. The molecule has 4 fully saturated rings. The molecule has 0 bridgehead atoms. The number of hydrogen-bond acceptors (Lipinski definition) is 4. The van der Waals surface area contributed by atoms with Gasteiger partial charge in [-0.05, 0) is 104 Å². The van der Waals surface area contributed by atoms with E-state index in [0.29, 0.717) is 29.6 Å². The molecule has 0 aromatic carbocycles. The summed E-state index contributed by atoms with van der Waals surface area (Å²) in [6.45, 7) is 22.9. The molecule has 5 aliphatic rings. The van der Waals surface area contributed by atoms with E-state index < -0.39 is 0 Å². The molecule has 4 saturated carbocycles. The zero-order valence-electron chi connectivity index (χ0n) is 25.9. The fraction of sp³-hybridized carbons (Fsp3) is 0.882. The van der Waals surface area contributed by atoms with Crippen molar-refractivity contribution in [2.45, 2.75) is 133 Å². The van der Waals surface area contributed by atoms with Crippen molar-refractivity contribution in [1.29, 1.82) is 0 Å². The molecule has 0 aromatic heterocycles. The second-order valence-electron chi connectivity index (χ2n) is 15.9. The van der Waals surface area contributed by atoms with Crippen molar-refractivity contribution in [3.8, 4) is 0 Å². The van der Waals surface area contributed by atoms with Crippen molar-refractivity contribution < 1.29 is 19.1 Å². The van der Waals surface area contributed by atoms with Gasteiger partial charge in [0, 0.05) is 24.7 Å². The molecule has 0 heterocycles. The normalized spacial score (nSPS) is 51.3. The predicted molar refractivity (Wildman–Crippen MR) is 151 cm³/mol. The molecule has 0 spiro atoms. The quantitative estimate of drug-likeness (QED) is 0.269. The second-order valence-corrected chi connectivity index (χ2v) is 15.9. The van der Waals surface area contributed by atoms with Crippen LogP contribution in [0.15, 0.2) is 11.6 Å². The number of esters is 2. The topological polar surface area (TPSA) is 52.6 Å². The first-order valence-electron chi connectivity index (χ1n) is 15.5. The van der Waals surface area contributed by atoms with Crippen molar-refractivity contribution in [2.75, 3.05) is 0 Å². The Balaban J connectivity index is 1.56. The molecule has 0 saturated heterocycles. The minimum atomic E-state index is -0.145. The lowest BCUT2D eigenvalue weighted by Gasteiger charge is -2.74. The highest BCUT2D eigenvalue weighted by Gasteiger charge is 2.71. The van der Waals surface area contributed by atoms with Crippen LogP contribution in [0, 0.1) is 56.7 Å². The Morgan fingerprint density at radius 1 is 0.789 bits per heavy atom. The second kappa shape index (κ2) is 8.84. The van der Waals surface area contributed by atoms with Crippen LogP contribution < -0.4 is 0 Å². The summed E-state index contributed by atoms with van der Waals surface area (Å²) in [6.07, 6.45) is 11.5. The van der Waals surface area contributed by atoms with E-state index in [0.717, 1.165) is 25.7 Å². The van der Waals surface area contributed by atoms with Gasteiger partial charge >= 0.3 is 11.9 Å². The molecule has 4 nitrogen and oxygen atoms in total. The minimum absolute atomic E-state index is 0.00313. The van der Waals surface area contributed by atoms with Crippen LogP contribution in [-0.4, -0.2) is 24.1 Å². The third-order valence-electron chi connectivity index (χ3n) is 14.2. The Morgan fingerprint density at radius 3 is 2.05 bits per heavy atom. The molecule has 0 aliphatic heterocycles. The molecule has 0 aromatic rings. The maximum atomic E-state index is 12.4. The van der Waals surface area contributed by atoms with Gasteiger partial charge in [-0.25, -0.2) is 0 Å². The van der Waals surface area contributed by atoms with Gasteiger partial charge in [0.25, 0.3) is 0 Å². The number of fused-ring (bicyclic) bond motifs is 7. The van der Waals surface area contributed by atoms with E-state index in [2.05, 4.69) is 61.5 Å². The average Bonchev–Trinajstić information content (AvgIpc) is 2.79. The number of carbonyl (C=O) groups excluding carboxylic acids is 2. The van der Waals surface area contributed by atoms with Gasteiger partial charge in [0.05, 0.1) is 0 Å². The third kappa shape index (κ3) is 3.66. The van der Waals surface area contributed by atoms with Crippen molar-refractivity contribution >= 4 is 11.9 Å². The molecule has 11 atom stereocenters. The van der Waals surface area contributed by atoms with E-state index in [1.807, 2.05) is 0 Å². The molecular formula is C34H54O4. The standard InChI is InChI=1S/C34H54O4/c1-20-13-16-32(8)28(38-23(4)36)19-34(10)24(29(32)21(20)2)11-12-26-31(7)17-15-27(37-22(3)35)30(5,6)25(31)14-18-33(26,34)9/h13,21,24-29H,11-12,14-19H2,1-10H3/t21-,24+,25-,26+,27-,28-,29+,31-,32+,33+,34+/m0/s1. The highest BCUT2D eigenvalue weighted by molar-refractivity contribution is 5.66. The highest BCUT2D eigenvalue weighted by Crippen LogP contribution is 2.77. The molecule has 0 N–H and O–H groups in total. The number of allylic oxidation sites excluding steroid dienone is 2. The monoisotopic (exact) mass is 526 g/mol. The molecule has 4 heteroatoms. The van der Waals surface area contributed by atoms with Gasteiger partial charge in [-0.15, -0.1) is 0 Å². The zero-order valence-corrected chi connectivity index (χ0v) is 25.9. The Morgan fingerprint density at radius 2 is 1.42 bits per heavy atom. The van der Waals surface area contributed by atoms with Crippen molar-refractivity contribution in [3.63, 3.8) is 0 Å². The van der Waals surface area contributed by atoms with Crippen LogP contribution in [-0.2, 0) is 19.1 Å². The third-order valence-corrected chi connectivity index (χ3v) is 14.2. The van der Waals surface area contributed by atoms with Gasteiger partial charge in [-0.1, -0.05) is 60.1 Å². The van der Waals surface area contributed by atoms with Crippen LogP contribution in [0.25, 0.3) is 0 Å². The van der Waals surface area contributed by atoms with Crippen LogP contribution in [0.3, 0.4) is 0 Å². The summed E-state index contributed by atoms with van der Waals surface area (Å²) in [5.74, 6) is 2.60. The van der Waals surface area contributed by atoms with E-state index in [-0.39, 0.29) is 51.2 Å². The fourth-order valence-corrected chi connectivity index (χ4v) is 12.0. The number of carbonyl (C=O) groups is 2. The molecule has 0 unspecified atom stereocenters. The molecule has 214 valence electrons. The van der Waals surface area contributed by atoms with Crippen molar-refractivity contribution in [1.82, 2.24) is 0 Å². The van der Waals surface area contributed by atoms with Crippen molar-refractivity contribution in [3.05, 3.63) is 11.6 Å². The van der Waals surface area contributed by atoms with Crippen LogP contribution >= 0.6 is 0 Å². The molecule has 5 rings (SSSR count). The average molecular weight is 527 g/mol. The van der Waals surface area contributed by atoms with Gasteiger partial charge in [0.2, 0.25) is 0 Å². The number of ether oxygens (including phenoxy) is 2. The first-order valence-corrected chi connectivity index (χ1v) is 15.5. The van der Waals surface area contributed by atoms with Gasteiger partial charge in [-0.3, -0.25) is 9.59 Å². The first kappa shape index (κ1) is 28.2. The summed E-state index contributed by atoms with van der Waals surface area (Å²) in [4.78, 5) is 24.4. The number of hydrogen-bond donors (Lipinski definition) is 0. The van der Waals surface area contributed by atoms with E-state index in [4.69, 9.17) is 9.47 Å². The van der Waals surface area contributed by atoms with Gasteiger partial charge in [0.1, 0.15) is 12.2 Å². The van der Waals surface area contributed by atoms with Crippen LogP contribution in [0.2, 0.25) is 0 Å². The van der Waals surface area contributed by atoms with E-state index in [9.17, 15) is 9.59 Å². The Kier molecular flexibility index (Phi) is 6.56. The largest absolute Gasteiger partial charge is 0.462 e. The smallest absolute Gasteiger partial charge is 0.302 e. The summed E-state index contributed by atoms with van der Waals surface area (Å²) in [5, 5.41) is 0. The van der Waals surface area contributed by atoms with E-state index in [1.54, 1.807) is 13.8 Å². The summed E-state index contributed by atoms with van der Waals surface area (Å²) in [5.41, 5.74) is 2.04. The highest BCUT2D eigenvalue weighted by atomic mass is 16.5. The minimum Gasteiger partial charge on any atom is -0.462 e. The lowest BCUT2D eigenvalue weighted by atomic mass is 9.31. The van der Waals surface area contributed by atoms with Crippen molar-refractivity contribution in [2.24, 2.45) is 56.7 Å². The van der Waals surface area contributed by atoms with E-state index in [1.165, 1.54) is 31.3 Å². The Hall–Kier alpha value is -1.32. The van der Waals surface area contributed by atoms with Gasteiger partial charge in [0.15, 0.2) is 0 Å². The first-order chi connectivity index (χ1) is 17.5. The van der Waals surface area contributed by atoms with Crippen LogP contribution in [0.4, 0.5) is 0 Å². The summed E-state index contributed by atoms with van der Waals surface area (Å²) in [7, 11) is 0. The molecule has 0 amide bonds. The van der Waals surface area contributed by atoms with Crippen LogP contribution in [0.5, 0.6) is 0 Å². The molecular weight excluding hydrogens is 472 g/mol. The molecule has 38 heavy (non-hydrogen) atoms. The van der Waals surface area contributed by atoms with Gasteiger partial charge < -0.3 is 9.47 Å².